The summed E-state index contributed by atoms with van der Waals surface area (Å²) in [5.74, 6) is 0.410. The number of para-hydroxylation sites is 1. The molecule has 3 heterocycles. The minimum absolute atomic E-state index is 0.166. The third-order valence-corrected chi connectivity index (χ3v) is 5.45. The highest BCUT2D eigenvalue weighted by atomic mass is 32.1. The summed E-state index contributed by atoms with van der Waals surface area (Å²) in [6.07, 6.45) is 5.84. The molecule has 132 valence electrons. The van der Waals surface area contributed by atoms with Gasteiger partial charge in [0.1, 0.15) is 0 Å². The standard InChI is InChI=1S/C21H16N4OS/c26-20(25-21-24-19(12-27-21)13-5-6-13)16-11-18(14-7-9-22-10-8-14)23-17-4-2-1-3-15(16)17/h1-4,7-13H,5-6H2,(H,24,25,26). The number of nitrogens with zero attached hydrogens (tertiary/aromatic N) is 3. The van der Waals surface area contributed by atoms with Crippen molar-refractivity contribution in [2.75, 3.05) is 5.32 Å². The van der Waals surface area contributed by atoms with E-state index < -0.39 is 0 Å². The SMILES string of the molecule is O=C(Nc1nc(C2CC2)cs1)c1cc(-c2ccncc2)nc2ccccc12. The maximum absolute atomic E-state index is 13.0. The van der Waals surface area contributed by atoms with Crippen LogP contribution in [0.4, 0.5) is 5.13 Å². The van der Waals surface area contributed by atoms with Gasteiger partial charge >= 0.3 is 0 Å². The Bertz CT molecular complexity index is 1140. The number of rotatable bonds is 4. The van der Waals surface area contributed by atoms with Crippen molar-refractivity contribution in [3.63, 3.8) is 0 Å². The Labute approximate surface area is 160 Å². The quantitative estimate of drug-likeness (QED) is 0.554. The number of nitrogens with one attached hydrogen (secondary N) is 1. The molecular formula is C21H16N4OS. The van der Waals surface area contributed by atoms with Gasteiger partial charge in [0.05, 0.1) is 22.5 Å². The van der Waals surface area contributed by atoms with Crippen molar-refractivity contribution < 1.29 is 4.79 Å². The first-order chi connectivity index (χ1) is 13.3. The lowest BCUT2D eigenvalue weighted by atomic mass is 10.0. The van der Waals surface area contributed by atoms with Gasteiger partial charge < -0.3 is 0 Å². The van der Waals surface area contributed by atoms with Crippen molar-refractivity contribution >= 4 is 33.3 Å². The zero-order valence-corrected chi connectivity index (χ0v) is 15.2. The summed E-state index contributed by atoms with van der Waals surface area (Å²) in [6.45, 7) is 0. The lowest BCUT2D eigenvalue weighted by molar-refractivity contribution is 0.102. The van der Waals surface area contributed by atoms with Crippen molar-refractivity contribution in [2.45, 2.75) is 18.8 Å². The zero-order valence-electron chi connectivity index (χ0n) is 14.4. The summed E-state index contributed by atoms with van der Waals surface area (Å²) in [5.41, 5.74) is 4.15. The van der Waals surface area contributed by atoms with Crippen molar-refractivity contribution in [3.8, 4) is 11.3 Å². The molecule has 0 bridgehead atoms. The number of hydrogen-bond donors (Lipinski definition) is 1. The number of benzene rings is 1. The second kappa shape index (κ2) is 6.55. The maximum Gasteiger partial charge on any atom is 0.258 e. The Balaban J connectivity index is 1.54. The largest absolute Gasteiger partial charge is 0.298 e. The molecule has 1 N–H and O–H groups in total. The molecule has 1 aliphatic carbocycles. The van der Waals surface area contributed by atoms with Gasteiger partial charge in [-0.1, -0.05) is 18.2 Å². The molecule has 1 saturated carbocycles. The van der Waals surface area contributed by atoms with Gasteiger partial charge in [-0.15, -0.1) is 11.3 Å². The van der Waals surface area contributed by atoms with Crippen LogP contribution in [0.3, 0.4) is 0 Å². The Morgan fingerprint density at radius 2 is 1.89 bits per heavy atom. The molecule has 0 saturated heterocycles. The van der Waals surface area contributed by atoms with Gasteiger partial charge in [0.15, 0.2) is 5.13 Å². The zero-order chi connectivity index (χ0) is 18.2. The average Bonchev–Trinajstić information content (AvgIpc) is 3.47. The maximum atomic E-state index is 13.0. The molecule has 6 heteroatoms. The molecule has 0 radical (unpaired) electrons. The smallest absolute Gasteiger partial charge is 0.258 e. The number of aromatic nitrogens is 3. The minimum Gasteiger partial charge on any atom is -0.298 e. The molecule has 4 aromatic rings. The van der Waals surface area contributed by atoms with Crippen LogP contribution in [0.2, 0.25) is 0 Å². The van der Waals surface area contributed by atoms with E-state index in [0.717, 1.165) is 27.9 Å². The summed E-state index contributed by atoms with van der Waals surface area (Å²) in [5, 5.41) is 6.47. The molecule has 5 rings (SSSR count). The number of carbonyl (C=O) groups is 1. The fourth-order valence-corrected chi connectivity index (χ4v) is 3.90. The van der Waals surface area contributed by atoms with Crippen molar-refractivity contribution in [1.29, 1.82) is 0 Å². The highest BCUT2D eigenvalue weighted by molar-refractivity contribution is 7.14. The summed E-state index contributed by atoms with van der Waals surface area (Å²) in [7, 11) is 0. The summed E-state index contributed by atoms with van der Waals surface area (Å²) >= 11 is 1.48. The van der Waals surface area contributed by atoms with Gasteiger partial charge in [0, 0.05) is 34.6 Å². The van der Waals surface area contributed by atoms with Crippen LogP contribution in [0.15, 0.2) is 60.2 Å². The van der Waals surface area contributed by atoms with E-state index in [2.05, 4.69) is 15.3 Å². The van der Waals surface area contributed by atoms with E-state index in [-0.39, 0.29) is 5.91 Å². The monoisotopic (exact) mass is 372 g/mol. The summed E-state index contributed by atoms with van der Waals surface area (Å²) in [4.78, 5) is 26.3. The molecule has 1 fully saturated rings. The van der Waals surface area contributed by atoms with E-state index in [1.54, 1.807) is 12.4 Å². The number of hydrogen-bond acceptors (Lipinski definition) is 5. The predicted molar refractivity (Wildman–Crippen MR) is 107 cm³/mol. The Morgan fingerprint density at radius 1 is 1.07 bits per heavy atom. The van der Waals surface area contributed by atoms with Crippen molar-refractivity contribution in [1.82, 2.24) is 15.0 Å². The van der Waals surface area contributed by atoms with E-state index in [4.69, 9.17) is 4.98 Å². The number of fused-ring (bicyclic) bond motifs is 1. The number of thiazole rings is 1. The van der Waals surface area contributed by atoms with Gasteiger partial charge in [-0.2, -0.15) is 0 Å². The predicted octanol–water partition coefficient (Wildman–Crippen LogP) is 4.88. The van der Waals surface area contributed by atoms with Gasteiger partial charge in [0.25, 0.3) is 5.91 Å². The van der Waals surface area contributed by atoms with Crippen LogP contribution in [0.5, 0.6) is 0 Å². The summed E-state index contributed by atoms with van der Waals surface area (Å²) < 4.78 is 0. The molecule has 0 atom stereocenters. The third kappa shape index (κ3) is 3.19. The van der Waals surface area contributed by atoms with Gasteiger partial charge in [0.2, 0.25) is 0 Å². The van der Waals surface area contributed by atoms with E-state index in [9.17, 15) is 4.79 Å². The highest BCUT2D eigenvalue weighted by Crippen LogP contribution is 2.41. The Morgan fingerprint density at radius 3 is 2.70 bits per heavy atom. The molecule has 0 spiro atoms. The fourth-order valence-electron chi connectivity index (χ4n) is 3.11. The normalized spacial score (nSPS) is 13.6. The highest BCUT2D eigenvalue weighted by Gasteiger charge is 2.26. The minimum atomic E-state index is -0.166. The topological polar surface area (TPSA) is 67.8 Å². The Kier molecular flexibility index (Phi) is 3.90. The van der Waals surface area contributed by atoms with Crippen LogP contribution < -0.4 is 5.32 Å². The van der Waals surface area contributed by atoms with Crippen molar-refractivity contribution in [2.24, 2.45) is 0 Å². The molecule has 5 nitrogen and oxygen atoms in total. The second-order valence-corrected chi connectivity index (χ2v) is 7.47. The van der Waals surface area contributed by atoms with Crippen LogP contribution in [0.25, 0.3) is 22.2 Å². The van der Waals surface area contributed by atoms with Crippen LogP contribution in [0, 0.1) is 0 Å². The molecular weight excluding hydrogens is 356 g/mol. The molecule has 1 amide bonds. The lowest BCUT2D eigenvalue weighted by Gasteiger charge is -2.09. The van der Waals surface area contributed by atoms with Gasteiger partial charge in [-0.3, -0.25) is 15.1 Å². The first-order valence-corrected chi connectivity index (χ1v) is 9.73. The van der Waals surface area contributed by atoms with Crippen LogP contribution in [-0.4, -0.2) is 20.9 Å². The molecule has 27 heavy (non-hydrogen) atoms. The molecule has 3 aromatic heterocycles. The van der Waals surface area contributed by atoms with E-state index in [1.807, 2.05) is 47.8 Å². The van der Waals surface area contributed by atoms with E-state index >= 15 is 0 Å². The second-order valence-electron chi connectivity index (χ2n) is 6.61. The number of anilines is 1. The van der Waals surface area contributed by atoms with E-state index in [1.165, 1.54) is 24.2 Å². The first-order valence-electron chi connectivity index (χ1n) is 8.85. The third-order valence-electron chi connectivity index (χ3n) is 4.67. The van der Waals surface area contributed by atoms with Crippen LogP contribution in [0.1, 0.15) is 34.8 Å². The first kappa shape index (κ1) is 16.1. The molecule has 0 unspecified atom stereocenters. The fraction of sp³-hybridized carbons (Fsp3) is 0.143. The van der Waals surface area contributed by atoms with Crippen LogP contribution >= 0.6 is 11.3 Å². The van der Waals surface area contributed by atoms with Crippen molar-refractivity contribution in [3.05, 3.63) is 71.5 Å². The number of amides is 1. The Hall–Kier alpha value is -3.12. The van der Waals surface area contributed by atoms with Gasteiger partial charge in [-0.25, -0.2) is 9.97 Å². The average molecular weight is 372 g/mol. The molecule has 1 aromatic carbocycles. The summed E-state index contributed by atoms with van der Waals surface area (Å²) in [6, 6.07) is 13.3. The molecule has 0 aliphatic heterocycles. The number of pyridine rings is 2. The lowest BCUT2D eigenvalue weighted by Crippen LogP contribution is -2.13. The number of carbonyl (C=O) groups excluding carboxylic acids is 1. The van der Waals surface area contributed by atoms with Crippen LogP contribution in [-0.2, 0) is 0 Å². The van der Waals surface area contributed by atoms with Gasteiger partial charge in [-0.05, 0) is 37.1 Å². The molecule has 1 aliphatic rings. The van der Waals surface area contributed by atoms with E-state index in [0.29, 0.717) is 16.6 Å².